The molecule has 2 amide bonds. The summed E-state index contributed by atoms with van der Waals surface area (Å²) < 4.78 is 11.9. The molecule has 0 saturated carbocycles. The Labute approximate surface area is 231 Å². The number of aliphatic hydroxyl groups excluding tert-OH is 1. The highest BCUT2D eigenvalue weighted by Crippen LogP contribution is 2.61. The number of likely N-dealkylation sites (tertiary alicyclic amines) is 1. The molecule has 8 nitrogen and oxygen atoms in total. The van der Waals surface area contributed by atoms with Crippen molar-refractivity contribution in [2.75, 3.05) is 24.7 Å². The second-order valence-electron chi connectivity index (χ2n) is 9.99. The van der Waals surface area contributed by atoms with Gasteiger partial charge >= 0.3 is 5.97 Å². The molecular weight excluding hydrogens is 564 g/mol. The largest absolute Gasteiger partial charge is 0.466 e. The average Bonchev–Trinajstić information content (AvgIpc) is 3.47. The zero-order valence-corrected chi connectivity index (χ0v) is 23.7. The number of hydrogen-bond donors (Lipinski definition) is 1. The molecule has 1 aromatic rings. The minimum atomic E-state index is -1.26. The first-order valence-corrected chi connectivity index (χ1v) is 14.1. The SMILES string of the molecule is C=CCN(C(=O)[C@H]1N([C@@H](CO)[C@@H](C)CC)C(=O)[C@@H]2[C@@H](C(=O)OCC)[C@@H]3O[C@@]21CC3Br)c1ccccc1Cl. The lowest BCUT2D eigenvalue weighted by molar-refractivity contribution is -0.155. The quantitative estimate of drug-likeness (QED) is 0.252. The van der Waals surface area contributed by atoms with Gasteiger partial charge in [0.05, 0.1) is 47.9 Å². The zero-order valence-electron chi connectivity index (χ0n) is 21.3. The summed E-state index contributed by atoms with van der Waals surface area (Å²) >= 11 is 10.1. The summed E-state index contributed by atoms with van der Waals surface area (Å²) in [4.78, 5) is 44.6. The maximum atomic E-state index is 14.5. The van der Waals surface area contributed by atoms with Crippen LogP contribution >= 0.6 is 27.5 Å². The lowest BCUT2D eigenvalue weighted by atomic mass is 9.70. The fourth-order valence-corrected chi connectivity index (χ4v) is 7.46. The number of benzene rings is 1. The van der Waals surface area contributed by atoms with E-state index >= 15 is 0 Å². The minimum absolute atomic E-state index is 0.106. The Morgan fingerprint density at radius 1 is 1.41 bits per heavy atom. The van der Waals surface area contributed by atoms with E-state index in [-0.39, 0.29) is 36.4 Å². The molecule has 37 heavy (non-hydrogen) atoms. The number of carbonyl (C=O) groups is 3. The van der Waals surface area contributed by atoms with Crippen LogP contribution in [0.1, 0.15) is 33.6 Å². The van der Waals surface area contributed by atoms with Gasteiger partial charge in [0.1, 0.15) is 11.6 Å². The van der Waals surface area contributed by atoms with E-state index in [4.69, 9.17) is 21.1 Å². The summed E-state index contributed by atoms with van der Waals surface area (Å²) in [6.45, 7) is 9.42. The number of nitrogens with zero attached hydrogens (tertiary/aromatic N) is 2. The molecule has 0 aromatic heterocycles. The van der Waals surface area contributed by atoms with E-state index in [0.29, 0.717) is 23.6 Å². The minimum Gasteiger partial charge on any atom is -0.466 e. The number of aliphatic hydroxyl groups is 1. The van der Waals surface area contributed by atoms with Crippen LogP contribution in [0.3, 0.4) is 0 Å². The van der Waals surface area contributed by atoms with Gasteiger partial charge in [0, 0.05) is 11.4 Å². The molecule has 3 heterocycles. The first kappa shape index (κ1) is 28.1. The van der Waals surface area contributed by atoms with Crippen molar-refractivity contribution >= 4 is 51.0 Å². The number of anilines is 1. The van der Waals surface area contributed by atoms with Crippen LogP contribution in [0.4, 0.5) is 5.69 Å². The molecule has 3 fully saturated rings. The van der Waals surface area contributed by atoms with E-state index < -0.39 is 47.5 Å². The van der Waals surface area contributed by atoms with Gasteiger partial charge in [-0.15, -0.1) is 6.58 Å². The van der Waals surface area contributed by atoms with E-state index in [1.165, 1.54) is 9.80 Å². The van der Waals surface area contributed by atoms with Gasteiger partial charge in [-0.1, -0.05) is 66.0 Å². The summed E-state index contributed by atoms with van der Waals surface area (Å²) in [5.74, 6) is -3.12. The number of rotatable bonds is 10. The fraction of sp³-hybridized carbons (Fsp3) is 0.593. The second-order valence-corrected chi connectivity index (χ2v) is 11.6. The van der Waals surface area contributed by atoms with E-state index in [0.717, 1.165) is 0 Å². The molecule has 4 rings (SSSR count). The van der Waals surface area contributed by atoms with Crippen molar-refractivity contribution in [2.45, 2.75) is 62.2 Å². The summed E-state index contributed by atoms with van der Waals surface area (Å²) in [6.07, 6.45) is 2.03. The first-order valence-electron chi connectivity index (χ1n) is 12.8. The summed E-state index contributed by atoms with van der Waals surface area (Å²) in [7, 11) is 0. The highest BCUT2D eigenvalue weighted by atomic mass is 79.9. The van der Waals surface area contributed by atoms with Crippen LogP contribution < -0.4 is 4.90 Å². The monoisotopic (exact) mass is 596 g/mol. The van der Waals surface area contributed by atoms with Gasteiger partial charge < -0.3 is 24.4 Å². The topological polar surface area (TPSA) is 96.4 Å². The lowest BCUT2D eigenvalue weighted by Gasteiger charge is -2.41. The molecular formula is C27H34BrClN2O6. The smallest absolute Gasteiger partial charge is 0.312 e. The van der Waals surface area contributed by atoms with Crippen LogP contribution in [0.25, 0.3) is 0 Å². The van der Waals surface area contributed by atoms with Crippen LogP contribution in [-0.4, -0.2) is 76.2 Å². The summed E-state index contributed by atoms with van der Waals surface area (Å²) in [6, 6.07) is 5.27. The Morgan fingerprint density at radius 2 is 2.11 bits per heavy atom. The van der Waals surface area contributed by atoms with Crippen LogP contribution in [0.2, 0.25) is 5.02 Å². The standard InChI is InChI=1S/C27H34BrClN2O6/c1-5-12-30(18-11-9-8-10-17(18)29)25(34)23-27-13-16(28)22(37-27)20(26(35)36-7-3)21(27)24(33)31(23)19(14-32)15(4)6-2/h5,8-11,15-16,19-23,32H,1,6-7,12-14H2,2-4H3/t15-,16?,19-,20+,21-,22+,23+,27-/m0/s1. The molecule has 1 spiro atoms. The molecule has 1 aromatic carbocycles. The fourth-order valence-electron chi connectivity index (χ4n) is 6.28. The van der Waals surface area contributed by atoms with Crippen molar-refractivity contribution in [2.24, 2.45) is 17.8 Å². The molecule has 8 atom stereocenters. The van der Waals surface area contributed by atoms with Crippen LogP contribution in [0.15, 0.2) is 36.9 Å². The van der Waals surface area contributed by atoms with Crippen molar-refractivity contribution in [3.8, 4) is 0 Å². The molecule has 3 aliphatic heterocycles. The van der Waals surface area contributed by atoms with E-state index in [1.807, 2.05) is 13.8 Å². The van der Waals surface area contributed by atoms with Crippen molar-refractivity contribution in [3.63, 3.8) is 0 Å². The van der Waals surface area contributed by atoms with E-state index in [9.17, 15) is 19.5 Å². The van der Waals surface area contributed by atoms with Gasteiger partial charge in [-0.25, -0.2) is 0 Å². The Bertz CT molecular complexity index is 1070. The Balaban J connectivity index is 1.88. The Morgan fingerprint density at radius 3 is 2.70 bits per heavy atom. The lowest BCUT2D eigenvalue weighted by Crippen LogP contribution is -2.60. The van der Waals surface area contributed by atoms with Gasteiger partial charge in [-0.05, 0) is 31.4 Å². The number of halogens is 2. The predicted molar refractivity (Wildman–Crippen MR) is 144 cm³/mol. The molecule has 3 aliphatic rings. The van der Waals surface area contributed by atoms with Crippen molar-refractivity contribution in [1.82, 2.24) is 4.90 Å². The third kappa shape index (κ3) is 4.41. The number of ether oxygens (including phenoxy) is 2. The summed E-state index contributed by atoms with van der Waals surface area (Å²) in [5, 5.41) is 10.8. The van der Waals surface area contributed by atoms with Crippen molar-refractivity contribution in [1.29, 1.82) is 0 Å². The average molecular weight is 598 g/mol. The molecule has 10 heteroatoms. The van der Waals surface area contributed by atoms with E-state index in [1.54, 1.807) is 37.3 Å². The maximum Gasteiger partial charge on any atom is 0.312 e. The molecule has 0 aliphatic carbocycles. The van der Waals surface area contributed by atoms with E-state index in [2.05, 4.69) is 22.5 Å². The number of hydrogen-bond acceptors (Lipinski definition) is 6. The number of fused-ring (bicyclic) bond motifs is 1. The maximum absolute atomic E-state index is 14.5. The van der Waals surface area contributed by atoms with Crippen LogP contribution in [-0.2, 0) is 23.9 Å². The Hall–Kier alpha value is -1.94. The molecule has 2 bridgehead atoms. The van der Waals surface area contributed by atoms with Gasteiger partial charge in [0.15, 0.2) is 0 Å². The number of esters is 1. The number of alkyl halides is 1. The Kier molecular flexibility index (Phi) is 8.38. The number of amides is 2. The number of para-hydroxylation sites is 1. The molecule has 0 radical (unpaired) electrons. The second kappa shape index (κ2) is 11.0. The van der Waals surface area contributed by atoms with Gasteiger partial charge in [-0.2, -0.15) is 0 Å². The summed E-state index contributed by atoms with van der Waals surface area (Å²) in [5.41, 5.74) is -0.776. The van der Waals surface area contributed by atoms with Crippen LogP contribution in [0, 0.1) is 17.8 Å². The third-order valence-corrected chi connectivity index (χ3v) is 9.25. The first-order chi connectivity index (χ1) is 17.7. The zero-order chi connectivity index (χ0) is 27.1. The van der Waals surface area contributed by atoms with Gasteiger partial charge in [0.25, 0.3) is 5.91 Å². The predicted octanol–water partition coefficient (Wildman–Crippen LogP) is 3.58. The molecule has 202 valence electrons. The normalized spacial score (nSPS) is 31.7. The van der Waals surface area contributed by atoms with Crippen molar-refractivity contribution in [3.05, 3.63) is 41.9 Å². The molecule has 1 N–H and O–H groups in total. The number of carbonyl (C=O) groups excluding carboxylic acids is 3. The molecule has 1 unspecified atom stereocenters. The van der Waals surface area contributed by atoms with Crippen LogP contribution in [0.5, 0.6) is 0 Å². The third-order valence-electron chi connectivity index (χ3n) is 8.09. The highest BCUT2D eigenvalue weighted by Gasteiger charge is 2.77. The van der Waals surface area contributed by atoms with Gasteiger partial charge in [-0.3, -0.25) is 14.4 Å². The molecule has 3 saturated heterocycles. The van der Waals surface area contributed by atoms with Crippen molar-refractivity contribution < 1.29 is 29.0 Å². The van der Waals surface area contributed by atoms with Gasteiger partial charge in [0.2, 0.25) is 5.91 Å². The highest BCUT2D eigenvalue weighted by molar-refractivity contribution is 9.09.